The fourth-order valence-electron chi connectivity index (χ4n) is 2.01. The maximum absolute atomic E-state index is 5.82. The summed E-state index contributed by atoms with van der Waals surface area (Å²) in [6.45, 7) is 7.44. The van der Waals surface area contributed by atoms with Gasteiger partial charge in [0.05, 0.1) is 0 Å². The van der Waals surface area contributed by atoms with Gasteiger partial charge in [0, 0.05) is 5.69 Å². The van der Waals surface area contributed by atoms with Crippen LogP contribution >= 0.6 is 0 Å². The molecule has 0 spiro atoms. The van der Waals surface area contributed by atoms with Gasteiger partial charge in [0.1, 0.15) is 24.7 Å². The Hall–Kier alpha value is -2.16. The Morgan fingerprint density at radius 2 is 1.62 bits per heavy atom. The van der Waals surface area contributed by atoms with E-state index in [0.717, 1.165) is 22.7 Å². The summed E-state index contributed by atoms with van der Waals surface area (Å²) in [6, 6.07) is 13.7. The zero-order valence-electron chi connectivity index (χ0n) is 12.9. The molecule has 0 bridgehead atoms. The fraction of sp³-hybridized carbons (Fsp3) is 0.333. The van der Waals surface area contributed by atoms with Crippen molar-refractivity contribution in [1.29, 1.82) is 0 Å². The molecular weight excluding hydrogens is 262 g/mol. The fourth-order valence-corrected chi connectivity index (χ4v) is 2.01. The van der Waals surface area contributed by atoms with Crippen molar-refractivity contribution in [3.05, 3.63) is 53.6 Å². The van der Waals surface area contributed by atoms with Gasteiger partial charge in [-0.05, 0) is 54.3 Å². The molecule has 2 rings (SSSR count). The van der Waals surface area contributed by atoms with Crippen molar-refractivity contribution in [3.63, 3.8) is 0 Å². The molecule has 3 nitrogen and oxygen atoms in total. The first-order valence-corrected chi connectivity index (χ1v) is 7.28. The molecular formula is C18H23NO2. The van der Waals surface area contributed by atoms with Crippen molar-refractivity contribution < 1.29 is 9.47 Å². The molecule has 0 unspecified atom stereocenters. The molecule has 0 aliphatic rings. The molecule has 112 valence electrons. The van der Waals surface area contributed by atoms with Crippen molar-refractivity contribution in [2.75, 3.05) is 18.9 Å². The lowest BCUT2D eigenvalue weighted by Gasteiger charge is -2.13. The largest absolute Gasteiger partial charge is 0.490 e. The number of hydrogen-bond acceptors (Lipinski definition) is 3. The predicted molar refractivity (Wildman–Crippen MR) is 87.1 cm³/mol. The summed E-state index contributed by atoms with van der Waals surface area (Å²) in [7, 11) is 0. The standard InChI is InChI=1S/C18H23NO2/c1-13(2)15-5-4-14(3)18(12-15)21-11-10-20-17-8-6-16(19)7-9-17/h4-9,12-13H,10-11,19H2,1-3H3. The average molecular weight is 285 g/mol. The van der Waals surface area contributed by atoms with Crippen LogP contribution in [-0.4, -0.2) is 13.2 Å². The molecule has 0 atom stereocenters. The molecule has 0 radical (unpaired) electrons. The van der Waals surface area contributed by atoms with E-state index in [0.29, 0.717) is 19.1 Å². The van der Waals surface area contributed by atoms with Crippen LogP contribution in [0.5, 0.6) is 11.5 Å². The van der Waals surface area contributed by atoms with Crippen LogP contribution in [0.4, 0.5) is 5.69 Å². The van der Waals surface area contributed by atoms with Crippen molar-refractivity contribution in [3.8, 4) is 11.5 Å². The molecule has 0 saturated heterocycles. The number of benzene rings is 2. The van der Waals surface area contributed by atoms with E-state index >= 15 is 0 Å². The third-order valence-corrected chi connectivity index (χ3v) is 3.37. The minimum atomic E-state index is 0.499. The molecule has 0 heterocycles. The molecule has 0 fully saturated rings. The predicted octanol–water partition coefficient (Wildman–Crippen LogP) is 4.16. The van der Waals surface area contributed by atoms with Gasteiger partial charge in [-0.25, -0.2) is 0 Å². The second kappa shape index (κ2) is 7.02. The highest BCUT2D eigenvalue weighted by Crippen LogP contribution is 2.24. The minimum absolute atomic E-state index is 0.499. The summed E-state index contributed by atoms with van der Waals surface area (Å²) < 4.78 is 11.4. The van der Waals surface area contributed by atoms with Crippen molar-refractivity contribution in [1.82, 2.24) is 0 Å². The van der Waals surface area contributed by atoms with Gasteiger partial charge in [-0.2, -0.15) is 0 Å². The van der Waals surface area contributed by atoms with E-state index in [9.17, 15) is 0 Å². The number of hydrogen-bond donors (Lipinski definition) is 1. The van der Waals surface area contributed by atoms with Gasteiger partial charge < -0.3 is 15.2 Å². The topological polar surface area (TPSA) is 44.5 Å². The van der Waals surface area contributed by atoms with Crippen molar-refractivity contribution in [2.24, 2.45) is 0 Å². The number of rotatable bonds is 6. The zero-order chi connectivity index (χ0) is 15.2. The smallest absolute Gasteiger partial charge is 0.122 e. The second-order valence-electron chi connectivity index (χ2n) is 5.45. The maximum Gasteiger partial charge on any atom is 0.122 e. The molecule has 2 N–H and O–H groups in total. The van der Waals surface area contributed by atoms with Crippen molar-refractivity contribution in [2.45, 2.75) is 26.7 Å². The Labute approximate surface area is 126 Å². The molecule has 21 heavy (non-hydrogen) atoms. The van der Waals surface area contributed by atoms with Crippen LogP contribution in [0.1, 0.15) is 30.9 Å². The number of ether oxygens (including phenoxy) is 2. The Bertz CT molecular complexity index is 576. The SMILES string of the molecule is Cc1ccc(C(C)C)cc1OCCOc1ccc(N)cc1. The van der Waals surface area contributed by atoms with Crippen LogP contribution in [-0.2, 0) is 0 Å². The Balaban J connectivity index is 1.85. The summed E-state index contributed by atoms with van der Waals surface area (Å²) in [5, 5.41) is 0. The first-order chi connectivity index (χ1) is 10.1. The van der Waals surface area contributed by atoms with E-state index < -0.39 is 0 Å². The summed E-state index contributed by atoms with van der Waals surface area (Å²) >= 11 is 0. The summed E-state index contributed by atoms with van der Waals surface area (Å²) in [4.78, 5) is 0. The van der Waals surface area contributed by atoms with Crippen molar-refractivity contribution >= 4 is 5.69 Å². The molecule has 0 saturated carbocycles. The Kier molecular flexibility index (Phi) is 5.09. The van der Waals surface area contributed by atoms with Gasteiger partial charge in [-0.1, -0.05) is 26.0 Å². The lowest BCUT2D eigenvalue weighted by atomic mass is 10.0. The first kappa shape index (κ1) is 15.2. The average Bonchev–Trinajstić information content (AvgIpc) is 2.47. The highest BCUT2D eigenvalue weighted by Gasteiger charge is 2.05. The monoisotopic (exact) mass is 285 g/mol. The molecule has 3 heteroatoms. The Morgan fingerprint density at radius 3 is 2.29 bits per heavy atom. The molecule has 0 aliphatic carbocycles. The van der Waals surface area contributed by atoms with Crippen LogP contribution in [0.3, 0.4) is 0 Å². The first-order valence-electron chi connectivity index (χ1n) is 7.28. The molecule has 0 aromatic heterocycles. The second-order valence-corrected chi connectivity index (χ2v) is 5.45. The minimum Gasteiger partial charge on any atom is -0.490 e. The van der Waals surface area contributed by atoms with Crippen LogP contribution in [0.25, 0.3) is 0 Å². The van der Waals surface area contributed by atoms with E-state index in [1.54, 1.807) is 0 Å². The third-order valence-electron chi connectivity index (χ3n) is 3.37. The zero-order valence-corrected chi connectivity index (χ0v) is 12.9. The van der Waals surface area contributed by atoms with Crippen LogP contribution in [0.2, 0.25) is 0 Å². The van der Waals surface area contributed by atoms with E-state index in [4.69, 9.17) is 15.2 Å². The molecule has 0 amide bonds. The summed E-state index contributed by atoms with van der Waals surface area (Å²) in [5.41, 5.74) is 8.80. The van der Waals surface area contributed by atoms with Crippen LogP contribution in [0, 0.1) is 6.92 Å². The number of aryl methyl sites for hydroxylation is 1. The van der Waals surface area contributed by atoms with Gasteiger partial charge >= 0.3 is 0 Å². The van der Waals surface area contributed by atoms with Gasteiger partial charge in [0.15, 0.2) is 0 Å². The van der Waals surface area contributed by atoms with Gasteiger partial charge in [0.25, 0.3) is 0 Å². The van der Waals surface area contributed by atoms with Gasteiger partial charge in [-0.3, -0.25) is 0 Å². The number of nitrogens with two attached hydrogens (primary N) is 1. The molecule has 2 aromatic rings. The lowest BCUT2D eigenvalue weighted by Crippen LogP contribution is -2.10. The van der Waals surface area contributed by atoms with Gasteiger partial charge in [-0.15, -0.1) is 0 Å². The van der Waals surface area contributed by atoms with E-state index in [2.05, 4.69) is 39.0 Å². The summed E-state index contributed by atoms with van der Waals surface area (Å²) in [5.74, 6) is 2.24. The lowest BCUT2D eigenvalue weighted by molar-refractivity contribution is 0.216. The number of anilines is 1. The van der Waals surface area contributed by atoms with E-state index in [1.807, 2.05) is 24.3 Å². The highest BCUT2D eigenvalue weighted by atomic mass is 16.5. The third kappa shape index (κ3) is 4.42. The molecule has 2 aromatic carbocycles. The normalized spacial score (nSPS) is 10.7. The maximum atomic E-state index is 5.82. The highest BCUT2D eigenvalue weighted by molar-refractivity contribution is 5.41. The molecule has 0 aliphatic heterocycles. The number of nitrogen functional groups attached to an aromatic ring is 1. The van der Waals surface area contributed by atoms with Crippen LogP contribution in [0.15, 0.2) is 42.5 Å². The quantitative estimate of drug-likeness (QED) is 0.640. The van der Waals surface area contributed by atoms with E-state index in [-0.39, 0.29) is 0 Å². The van der Waals surface area contributed by atoms with E-state index in [1.165, 1.54) is 5.56 Å². The van der Waals surface area contributed by atoms with Crippen LogP contribution < -0.4 is 15.2 Å². The Morgan fingerprint density at radius 1 is 0.952 bits per heavy atom. The van der Waals surface area contributed by atoms with Gasteiger partial charge in [0.2, 0.25) is 0 Å². The summed E-state index contributed by atoms with van der Waals surface area (Å²) in [6.07, 6.45) is 0.